The summed E-state index contributed by atoms with van der Waals surface area (Å²) >= 11 is 1.62. The number of aryl methyl sites for hydroxylation is 1. The topological polar surface area (TPSA) is 112 Å². The van der Waals surface area contributed by atoms with Crippen LogP contribution < -0.4 is 10.6 Å². The number of ether oxygens (including phenoxy) is 1. The van der Waals surface area contributed by atoms with Gasteiger partial charge in [-0.2, -0.15) is 4.98 Å². The van der Waals surface area contributed by atoms with Gasteiger partial charge in [0, 0.05) is 26.3 Å². The summed E-state index contributed by atoms with van der Waals surface area (Å²) in [6.45, 7) is 2.71. The molecule has 8 nitrogen and oxygen atoms in total. The molecule has 1 aliphatic carbocycles. The van der Waals surface area contributed by atoms with E-state index in [1.807, 2.05) is 25.1 Å². The van der Waals surface area contributed by atoms with E-state index in [2.05, 4.69) is 21.7 Å². The summed E-state index contributed by atoms with van der Waals surface area (Å²) in [5.41, 5.74) is 2.67. The van der Waals surface area contributed by atoms with E-state index in [4.69, 9.17) is 14.7 Å². The molecule has 0 bridgehead atoms. The molecular formula is C22H29N5O3S. The van der Waals surface area contributed by atoms with E-state index in [1.54, 1.807) is 18.4 Å². The number of nitrogens with one attached hydrogen (secondary N) is 2. The first-order valence-electron chi connectivity index (χ1n) is 10.6. The van der Waals surface area contributed by atoms with Gasteiger partial charge < -0.3 is 25.6 Å². The lowest BCUT2D eigenvalue weighted by Crippen LogP contribution is -2.25. The molecular weight excluding hydrogens is 414 g/mol. The highest BCUT2D eigenvalue weighted by atomic mass is 32.1. The number of anilines is 2. The van der Waals surface area contributed by atoms with E-state index in [9.17, 15) is 10.2 Å². The van der Waals surface area contributed by atoms with Crippen LogP contribution in [0.3, 0.4) is 0 Å². The highest BCUT2D eigenvalue weighted by Gasteiger charge is 2.26. The second-order valence-electron chi connectivity index (χ2n) is 8.04. The predicted molar refractivity (Wildman–Crippen MR) is 124 cm³/mol. The Bertz CT molecular complexity index is 995. The number of fused-ring (bicyclic) bond motifs is 1. The normalized spacial score (nSPS) is 19.6. The standard InChI is InChI=1S/C22H29N5O3S/c1-13-19(21-26-17-5-3-4-6-18(17)31-21)20(25-15-8-7-14(9-15)11-28)27-22(24-13)23-10-16(29)12-30-2/h3-6,14-16,28-29H,7-12H2,1-2H3,(H2,23,24,25,27). The maximum Gasteiger partial charge on any atom is 0.224 e. The summed E-state index contributed by atoms with van der Waals surface area (Å²) in [4.78, 5) is 14.2. The van der Waals surface area contributed by atoms with E-state index in [0.29, 0.717) is 18.4 Å². The molecule has 31 heavy (non-hydrogen) atoms. The number of methoxy groups -OCH3 is 1. The summed E-state index contributed by atoms with van der Waals surface area (Å²) in [6, 6.07) is 8.31. The van der Waals surface area contributed by atoms with Crippen molar-refractivity contribution in [3.8, 4) is 10.6 Å². The predicted octanol–water partition coefficient (Wildman–Crippen LogP) is 3.05. The number of aliphatic hydroxyl groups excluding tert-OH is 2. The van der Waals surface area contributed by atoms with Gasteiger partial charge >= 0.3 is 0 Å². The highest BCUT2D eigenvalue weighted by Crippen LogP contribution is 2.37. The zero-order valence-electron chi connectivity index (χ0n) is 17.8. The van der Waals surface area contributed by atoms with E-state index in [0.717, 1.165) is 51.6 Å². The lowest BCUT2D eigenvalue weighted by Gasteiger charge is -2.19. The number of thiazole rings is 1. The zero-order valence-corrected chi connectivity index (χ0v) is 18.7. The van der Waals surface area contributed by atoms with Crippen LogP contribution in [0.5, 0.6) is 0 Å². The number of rotatable bonds is 9. The van der Waals surface area contributed by atoms with Gasteiger partial charge in [-0.05, 0) is 44.2 Å². The van der Waals surface area contributed by atoms with Crippen LogP contribution in [-0.2, 0) is 4.74 Å². The summed E-state index contributed by atoms with van der Waals surface area (Å²) in [7, 11) is 1.56. The van der Waals surface area contributed by atoms with Gasteiger partial charge in [-0.25, -0.2) is 9.97 Å². The third kappa shape index (κ3) is 5.12. The van der Waals surface area contributed by atoms with Gasteiger partial charge in [-0.3, -0.25) is 0 Å². The largest absolute Gasteiger partial charge is 0.396 e. The fourth-order valence-corrected chi connectivity index (χ4v) is 5.08. The Morgan fingerprint density at radius 2 is 2.06 bits per heavy atom. The van der Waals surface area contributed by atoms with Crippen LogP contribution in [0.1, 0.15) is 25.0 Å². The number of benzene rings is 1. The van der Waals surface area contributed by atoms with Crippen molar-refractivity contribution in [3.63, 3.8) is 0 Å². The van der Waals surface area contributed by atoms with Crippen molar-refractivity contribution in [2.75, 3.05) is 37.5 Å². The molecule has 2 heterocycles. The maximum atomic E-state index is 9.96. The smallest absolute Gasteiger partial charge is 0.224 e. The van der Waals surface area contributed by atoms with Crippen molar-refractivity contribution >= 4 is 33.3 Å². The Labute approximate surface area is 185 Å². The molecule has 9 heteroatoms. The van der Waals surface area contributed by atoms with Crippen molar-refractivity contribution in [2.45, 2.75) is 38.3 Å². The Balaban J connectivity index is 1.66. The fraction of sp³-hybridized carbons (Fsp3) is 0.500. The van der Waals surface area contributed by atoms with Crippen LogP contribution in [-0.4, -0.2) is 64.2 Å². The number of hydrogen-bond acceptors (Lipinski definition) is 9. The Hall–Kier alpha value is -2.33. The van der Waals surface area contributed by atoms with Crippen molar-refractivity contribution in [3.05, 3.63) is 30.0 Å². The molecule has 2 aromatic heterocycles. The number of aliphatic hydroxyl groups is 2. The Morgan fingerprint density at radius 1 is 1.23 bits per heavy atom. The zero-order chi connectivity index (χ0) is 21.8. The Morgan fingerprint density at radius 3 is 2.81 bits per heavy atom. The quantitative estimate of drug-likeness (QED) is 0.399. The number of hydrogen-bond donors (Lipinski definition) is 4. The van der Waals surface area contributed by atoms with Gasteiger partial charge in [0.2, 0.25) is 5.95 Å². The van der Waals surface area contributed by atoms with Gasteiger partial charge in [0.05, 0.1) is 34.2 Å². The van der Waals surface area contributed by atoms with Gasteiger partial charge in [-0.15, -0.1) is 11.3 Å². The van der Waals surface area contributed by atoms with Crippen LogP contribution >= 0.6 is 11.3 Å². The molecule has 4 N–H and O–H groups in total. The highest BCUT2D eigenvalue weighted by molar-refractivity contribution is 7.21. The van der Waals surface area contributed by atoms with Gasteiger partial charge in [-0.1, -0.05) is 12.1 Å². The molecule has 166 valence electrons. The Kier molecular flexibility index (Phi) is 6.96. The molecule has 1 aliphatic rings. The number of aromatic nitrogens is 3. The molecule has 1 fully saturated rings. The molecule has 0 radical (unpaired) electrons. The second kappa shape index (κ2) is 9.86. The van der Waals surface area contributed by atoms with Crippen LogP contribution in [0.25, 0.3) is 20.8 Å². The van der Waals surface area contributed by atoms with Crippen molar-refractivity contribution < 1.29 is 14.9 Å². The average molecular weight is 444 g/mol. The second-order valence-corrected chi connectivity index (χ2v) is 9.07. The summed E-state index contributed by atoms with van der Waals surface area (Å²) < 4.78 is 6.10. The monoisotopic (exact) mass is 443 g/mol. The molecule has 0 aliphatic heterocycles. The van der Waals surface area contributed by atoms with Gasteiger partial charge in [0.15, 0.2) is 0 Å². The van der Waals surface area contributed by atoms with Crippen LogP contribution in [0.15, 0.2) is 24.3 Å². The van der Waals surface area contributed by atoms with Crippen LogP contribution in [0, 0.1) is 12.8 Å². The summed E-state index contributed by atoms with van der Waals surface area (Å²) in [5.74, 6) is 1.52. The first kappa shape index (κ1) is 21.9. The molecule has 0 saturated heterocycles. The first-order valence-corrected chi connectivity index (χ1v) is 11.4. The van der Waals surface area contributed by atoms with Gasteiger partial charge in [0.1, 0.15) is 10.8 Å². The van der Waals surface area contributed by atoms with E-state index < -0.39 is 6.10 Å². The summed E-state index contributed by atoms with van der Waals surface area (Å²) in [6.07, 6.45) is 2.26. The van der Waals surface area contributed by atoms with E-state index in [-0.39, 0.29) is 19.3 Å². The third-order valence-corrected chi connectivity index (χ3v) is 6.65. The van der Waals surface area contributed by atoms with Gasteiger partial charge in [0.25, 0.3) is 0 Å². The van der Waals surface area contributed by atoms with Crippen molar-refractivity contribution in [1.29, 1.82) is 0 Å². The van der Waals surface area contributed by atoms with E-state index >= 15 is 0 Å². The lowest BCUT2D eigenvalue weighted by atomic mass is 10.1. The molecule has 1 saturated carbocycles. The fourth-order valence-electron chi connectivity index (χ4n) is 4.02. The maximum absolute atomic E-state index is 9.96. The van der Waals surface area contributed by atoms with Crippen LogP contribution in [0.4, 0.5) is 11.8 Å². The minimum atomic E-state index is -0.644. The number of nitrogens with zero attached hydrogens (tertiary/aromatic N) is 3. The third-order valence-electron chi connectivity index (χ3n) is 5.59. The molecule has 3 aromatic rings. The van der Waals surface area contributed by atoms with E-state index in [1.165, 1.54) is 0 Å². The average Bonchev–Trinajstić information content (AvgIpc) is 3.38. The molecule has 4 rings (SSSR count). The minimum absolute atomic E-state index is 0.218. The molecule has 3 unspecified atom stereocenters. The molecule has 3 atom stereocenters. The lowest BCUT2D eigenvalue weighted by molar-refractivity contribution is 0.0726. The summed E-state index contributed by atoms with van der Waals surface area (Å²) in [5, 5.41) is 27.0. The molecule has 0 amide bonds. The van der Waals surface area contributed by atoms with Crippen LogP contribution in [0.2, 0.25) is 0 Å². The number of para-hydroxylation sites is 1. The van der Waals surface area contributed by atoms with Crippen molar-refractivity contribution in [1.82, 2.24) is 15.0 Å². The molecule has 1 aromatic carbocycles. The minimum Gasteiger partial charge on any atom is -0.396 e. The SMILES string of the molecule is COCC(O)CNc1nc(C)c(-c2nc3ccccc3s2)c(NC2CCC(CO)C2)n1. The molecule has 0 spiro atoms. The first-order chi connectivity index (χ1) is 15.1. The van der Waals surface area contributed by atoms with Crippen molar-refractivity contribution in [2.24, 2.45) is 5.92 Å².